The summed E-state index contributed by atoms with van der Waals surface area (Å²) in [7, 11) is 0. The van der Waals surface area contributed by atoms with Gasteiger partial charge >= 0.3 is 24.2 Å². The number of halogens is 6. The van der Waals surface area contributed by atoms with Crippen molar-refractivity contribution in [3.8, 4) is 0 Å². The van der Waals surface area contributed by atoms with Crippen LogP contribution in [0.3, 0.4) is 0 Å². The fourth-order valence-corrected chi connectivity index (χ4v) is 3.22. The molecule has 32 heavy (non-hydrogen) atoms. The molecule has 174 valence electrons. The van der Waals surface area contributed by atoms with Crippen LogP contribution in [0.2, 0.25) is 0 Å². The molecule has 0 aliphatic carbocycles. The monoisotopic (exact) mass is 463 g/mol. The first-order chi connectivity index (χ1) is 14.8. The number of rotatable bonds is 5. The number of hydrogen-bond acceptors (Lipinski definition) is 4. The van der Waals surface area contributed by atoms with Gasteiger partial charge in [-0.3, -0.25) is 4.79 Å². The number of carbonyl (C=O) groups is 1. The van der Waals surface area contributed by atoms with Crippen molar-refractivity contribution in [2.24, 2.45) is 0 Å². The average Bonchev–Trinajstić information content (AvgIpc) is 2.71. The summed E-state index contributed by atoms with van der Waals surface area (Å²) in [6.45, 7) is 1.17. The summed E-state index contributed by atoms with van der Waals surface area (Å²) in [6, 6.07) is 9.68. The van der Waals surface area contributed by atoms with Crippen molar-refractivity contribution >= 4 is 5.91 Å². The normalized spacial score (nSPS) is 21.0. The minimum Gasteiger partial charge on any atom is -0.336 e. The number of amides is 1. The van der Waals surface area contributed by atoms with Crippen LogP contribution in [0.15, 0.2) is 48.5 Å². The quantitative estimate of drug-likeness (QED) is 0.524. The third-order valence-corrected chi connectivity index (χ3v) is 4.85. The van der Waals surface area contributed by atoms with Crippen molar-refractivity contribution in [2.75, 3.05) is 13.2 Å². The molecule has 5 nitrogen and oxygen atoms in total. The first kappa shape index (κ1) is 24.0. The minimum atomic E-state index is -5.05. The number of carbonyl (C=O) groups excluding carboxylic acids is 1. The first-order valence-corrected chi connectivity index (χ1v) is 9.46. The number of benzene rings is 2. The number of ether oxygens (including phenoxy) is 2. The molecular weight excluding hydrogens is 444 g/mol. The van der Waals surface area contributed by atoms with Crippen LogP contribution in [0.5, 0.6) is 0 Å². The van der Waals surface area contributed by atoms with Crippen molar-refractivity contribution in [3.05, 3.63) is 70.8 Å². The van der Waals surface area contributed by atoms with Crippen LogP contribution in [-0.2, 0) is 33.2 Å². The highest BCUT2D eigenvalue weighted by Crippen LogP contribution is 2.38. The Morgan fingerprint density at radius 3 is 2.16 bits per heavy atom. The van der Waals surface area contributed by atoms with Crippen molar-refractivity contribution in [1.82, 2.24) is 4.90 Å². The zero-order valence-corrected chi connectivity index (χ0v) is 16.7. The molecule has 0 radical (unpaired) electrons. The molecule has 3 rings (SSSR count). The summed E-state index contributed by atoms with van der Waals surface area (Å²) >= 11 is 0. The Bertz CT molecular complexity index is 931. The minimum absolute atomic E-state index is 0.0191. The fourth-order valence-electron chi connectivity index (χ4n) is 3.22. The fraction of sp³-hybridized carbons (Fsp3) is 0.381. The number of aliphatic hydroxyl groups is 1. The van der Waals surface area contributed by atoms with Crippen LogP contribution in [-0.4, -0.2) is 35.0 Å². The third-order valence-electron chi connectivity index (χ3n) is 4.85. The van der Waals surface area contributed by atoms with E-state index in [0.29, 0.717) is 12.1 Å². The molecule has 2 aromatic carbocycles. The smallest absolute Gasteiger partial charge is 0.336 e. The molecule has 1 N–H and O–H groups in total. The number of morpholine rings is 1. The van der Waals surface area contributed by atoms with E-state index < -0.39 is 47.0 Å². The van der Waals surface area contributed by atoms with Gasteiger partial charge in [0.15, 0.2) is 0 Å². The topological polar surface area (TPSA) is 59.0 Å². The largest absolute Gasteiger partial charge is 0.416 e. The number of nitrogens with zero attached hydrogens (tertiary/aromatic N) is 1. The molecule has 1 amide bonds. The van der Waals surface area contributed by atoms with Crippen molar-refractivity contribution < 1.29 is 45.7 Å². The highest BCUT2D eigenvalue weighted by Gasteiger charge is 2.47. The van der Waals surface area contributed by atoms with Crippen LogP contribution in [0, 0.1) is 0 Å². The maximum Gasteiger partial charge on any atom is 0.416 e. The van der Waals surface area contributed by atoms with Gasteiger partial charge in [-0.05, 0) is 36.2 Å². The average molecular weight is 463 g/mol. The van der Waals surface area contributed by atoms with Crippen LogP contribution in [0.1, 0.15) is 35.3 Å². The summed E-state index contributed by atoms with van der Waals surface area (Å²) in [4.78, 5) is 14.0. The zero-order valence-electron chi connectivity index (χ0n) is 16.7. The van der Waals surface area contributed by atoms with Gasteiger partial charge in [0.1, 0.15) is 0 Å². The lowest BCUT2D eigenvalue weighted by Crippen LogP contribution is -2.58. The van der Waals surface area contributed by atoms with Gasteiger partial charge in [0.2, 0.25) is 0 Å². The van der Waals surface area contributed by atoms with Gasteiger partial charge in [0.25, 0.3) is 0 Å². The molecule has 0 saturated carbocycles. The van der Waals surface area contributed by atoms with E-state index >= 15 is 0 Å². The van der Waals surface area contributed by atoms with Crippen molar-refractivity contribution in [1.29, 1.82) is 0 Å². The summed E-state index contributed by atoms with van der Waals surface area (Å²) in [5.74, 6) is -3.87. The highest BCUT2D eigenvalue weighted by molar-refractivity contribution is 5.82. The number of alkyl halides is 6. The lowest BCUT2D eigenvalue weighted by Gasteiger charge is -2.38. The molecule has 0 aromatic heterocycles. The van der Waals surface area contributed by atoms with E-state index in [1.54, 1.807) is 30.3 Å². The second kappa shape index (κ2) is 8.72. The Kier molecular flexibility index (Phi) is 6.55. The highest BCUT2D eigenvalue weighted by atomic mass is 19.4. The summed E-state index contributed by atoms with van der Waals surface area (Å²) in [6.07, 6.45) is -11.6. The molecule has 0 bridgehead atoms. The molecule has 0 unspecified atom stereocenters. The SMILES string of the molecule is C[C@@H](O[C@]1(O)OCCN(Cc2ccccc2)C1=O)c1cc(C(F)(F)F)cc(C(F)(F)F)c1. The van der Waals surface area contributed by atoms with Gasteiger partial charge in [-0.1, -0.05) is 30.3 Å². The molecule has 0 spiro atoms. The maximum absolute atomic E-state index is 13.1. The summed E-state index contributed by atoms with van der Waals surface area (Å²) < 4.78 is 88.9. The number of hydrogen-bond donors (Lipinski definition) is 1. The van der Waals surface area contributed by atoms with Gasteiger partial charge in [-0.15, -0.1) is 0 Å². The third kappa shape index (κ3) is 5.40. The van der Waals surface area contributed by atoms with Gasteiger partial charge in [-0.2, -0.15) is 26.3 Å². The van der Waals surface area contributed by atoms with Gasteiger partial charge < -0.3 is 19.5 Å². The Labute approximate surface area is 179 Å². The Hall–Kier alpha value is -2.63. The molecule has 2 aromatic rings. The Balaban J connectivity index is 1.85. The predicted octanol–water partition coefficient (Wildman–Crippen LogP) is 4.51. The molecule has 1 heterocycles. The second-order valence-electron chi connectivity index (χ2n) is 7.24. The molecule has 1 fully saturated rings. The van der Waals surface area contributed by atoms with Crippen molar-refractivity contribution in [3.63, 3.8) is 0 Å². The molecule has 1 aliphatic rings. The summed E-state index contributed by atoms with van der Waals surface area (Å²) in [5, 5.41) is 10.6. The summed E-state index contributed by atoms with van der Waals surface area (Å²) in [5.41, 5.74) is -2.86. The Morgan fingerprint density at radius 2 is 1.62 bits per heavy atom. The zero-order chi connectivity index (χ0) is 23.7. The predicted molar refractivity (Wildman–Crippen MR) is 98.7 cm³/mol. The van der Waals surface area contributed by atoms with Gasteiger partial charge in [0, 0.05) is 13.1 Å². The lowest BCUT2D eigenvalue weighted by atomic mass is 10.0. The van der Waals surface area contributed by atoms with Crippen LogP contribution >= 0.6 is 0 Å². The maximum atomic E-state index is 13.1. The Morgan fingerprint density at radius 1 is 1.06 bits per heavy atom. The molecule has 11 heteroatoms. The van der Waals surface area contributed by atoms with Crippen LogP contribution < -0.4 is 0 Å². The van der Waals surface area contributed by atoms with Crippen LogP contribution in [0.25, 0.3) is 0 Å². The molecular formula is C21H19F6NO4. The molecule has 2 atom stereocenters. The molecule has 1 saturated heterocycles. The van der Waals surface area contributed by atoms with E-state index in [2.05, 4.69) is 0 Å². The van der Waals surface area contributed by atoms with Crippen molar-refractivity contribution in [2.45, 2.75) is 37.9 Å². The van der Waals surface area contributed by atoms with E-state index in [1.807, 2.05) is 0 Å². The lowest BCUT2D eigenvalue weighted by molar-refractivity contribution is -0.364. The first-order valence-electron chi connectivity index (χ1n) is 9.46. The van der Waals surface area contributed by atoms with E-state index in [1.165, 1.54) is 4.90 Å². The van der Waals surface area contributed by atoms with Gasteiger partial charge in [-0.25, -0.2) is 0 Å². The van der Waals surface area contributed by atoms with Gasteiger partial charge in [0.05, 0.1) is 23.8 Å². The van der Waals surface area contributed by atoms with E-state index in [9.17, 15) is 36.2 Å². The standard InChI is InChI=1S/C21H19F6NO4/c1-13(15-9-16(19(22,23)24)11-17(10-15)20(25,26)27)32-21(30)18(29)28(7-8-31-21)12-14-5-3-2-4-6-14/h2-6,9-11,13,30H,7-8,12H2,1H3/t13-,21-/m1/s1. The van der Waals surface area contributed by atoms with E-state index in [0.717, 1.165) is 12.5 Å². The van der Waals surface area contributed by atoms with E-state index in [4.69, 9.17) is 9.47 Å². The van der Waals surface area contributed by atoms with Crippen LogP contribution in [0.4, 0.5) is 26.3 Å². The van der Waals surface area contributed by atoms with E-state index in [-0.39, 0.29) is 25.8 Å². The molecule has 1 aliphatic heterocycles. The second-order valence-corrected chi connectivity index (χ2v) is 7.24.